The molecule has 2 aromatic heterocycles. The van der Waals surface area contributed by atoms with Gasteiger partial charge in [0.25, 0.3) is 5.91 Å². The Morgan fingerprint density at radius 1 is 1.20 bits per heavy atom. The van der Waals surface area contributed by atoms with E-state index in [1.807, 2.05) is 47.3 Å². The molecule has 1 unspecified atom stereocenters. The third-order valence-electron chi connectivity index (χ3n) is 5.19. The number of urea groups is 1. The van der Waals surface area contributed by atoms with E-state index in [9.17, 15) is 9.59 Å². The number of carbonyl (C=O) groups is 2. The van der Waals surface area contributed by atoms with Crippen molar-refractivity contribution in [2.75, 3.05) is 0 Å². The molecule has 4 rings (SSSR count). The van der Waals surface area contributed by atoms with Gasteiger partial charge in [0.2, 0.25) is 0 Å². The summed E-state index contributed by atoms with van der Waals surface area (Å²) in [6.07, 6.45) is 6.87. The third kappa shape index (κ3) is 5.07. The smallest absolute Gasteiger partial charge is 0.333 e. The fourth-order valence-corrected chi connectivity index (χ4v) is 4.74. The molecule has 30 heavy (non-hydrogen) atoms. The molecule has 0 radical (unpaired) electrons. The largest absolute Gasteiger partial charge is 0.333 e. The number of carbonyl (C=O) groups excluding carboxylic acids is 2. The Kier molecular flexibility index (Phi) is 6.13. The van der Waals surface area contributed by atoms with Crippen molar-refractivity contribution in [2.45, 2.75) is 39.3 Å². The lowest BCUT2D eigenvalue weighted by Crippen LogP contribution is -2.46. The van der Waals surface area contributed by atoms with Crippen molar-refractivity contribution < 1.29 is 9.59 Å². The first-order valence-electron chi connectivity index (χ1n) is 10.1. The van der Waals surface area contributed by atoms with Gasteiger partial charge in [-0.15, -0.1) is 11.3 Å². The Labute approximate surface area is 179 Å². The molecule has 0 aliphatic heterocycles. The average molecular weight is 424 g/mol. The fraction of sp³-hybridized carbons (Fsp3) is 0.318. The zero-order valence-corrected chi connectivity index (χ0v) is 17.7. The highest BCUT2D eigenvalue weighted by Crippen LogP contribution is 2.32. The van der Waals surface area contributed by atoms with Gasteiger partial charge in [-0.05, 0) is 54.0 Å². The zero-order chi connectivity index (χ0) is 20.9. The summed E-state index contributed by atoms with van der Waals surface area (Å²) in [6.45, 7) is 3.27. The first-order valence-corrected chi connectivity index (χ1v) is 10.9. The number of thiophene rings is 1. The number of rotatable bonds is 5. The van der Waals surface area contributed by atoms with Crippen LogP contribution in [0.1, 0.15) is 44.6 Å². The summed E-state index contributed by atoms with van der Waals surface area (Å²) in [5.41, 5.74) is 8.27. The Morgan fingerprint density at radius 3 is 2.90 bits per heavy atom. The van der Waals surface area contributed by atoms with Crippen molar-refractivity contribution in [2.24, 2.45) is 5.92 Å². The van der Waals surface area contributed by atoms with Crippen molar-refractivity contribution in [3.63, 3.8) is 0 Å². The molecule has 1 aliphatic rings. The number of hydrogen-bond acceptors (Lipinski definition) is 4. The molecule has 2 heterocycles. The second-order valence-corrected chi connectivity index (χ2v) is 8.83. The quantitative estimate of drug-likeness (QED) is 0.551. The summed E-state index contributed by atoms with van der Waals surface area (Å²) in [7, 11) is 0. The molecule has 0 fully saturated rings. The summed E-state index contributed by atoms with van der Waals surface area (Å²) < 4.78 is 1.85. The number of fused-ring (bicyclic) bond motifs is 1. The van der Waals surface area contributed by atoms with E-state index < -0.39 is 6.03 Å². The van der Waals surface area contributed by atoms with E-state index in [4.69, 9.17) is 0 Å². The van der Waals surface area contributed by atoms with Crippen molar-refractivity contribution in [3.8, 4) is 0 Å². The highest BCUT2D eigenvalue weighted by Gasteiger charge is 2.20. The monoisotopic (exact) mass is 423 g/mol. The predicted octanol–water partition coefficient (Wildman–Crippen LogP) is 3.26. The minimum absolute atomic E-state index is 0.279. The topological polar surface area (TPSA) is 88.0 Å². The normalized spacial score (nSPS) is 15.3. The van der Waals surface area contributed by atoms with Gasteiger partial charge in [-0.1, -0.05) is 31.2 Å². The van der Waals surface area contributed by atoms with Crippen LogP contribution in [-0.2, 0) is 25.9 Å². The molecule has 0 bridgehead atoms. The molecule has 3 N–H and O–H groups in total. The lowest BCUT2D eigenvalue weighted by Gasteiger charge is -2.16. The molecular weight excluding hydrogens is 398 g/mol. The maximum Gasteiger partial charge on any atom is 0.333 e. The Bertz CT molecular complexity index is 1030. The van der Waals surface area contributed by atoms with Crippen LogP contribution < -0.4 is 16.2 Å². The number of amides is 3. The number of hydrogen-bond donors (Lipinski definition) is 3. The van der Waals surface area contributed by atoms with Gasteiger partial charge < -0.3 is 5.32 Å². The van der Waals surface area contributed by atoms with E-state index in [2.05, 4.69) is 28.2 Å². The van der Waals surface area contributed by atoms with Gasteiger partial charge in [-0.25, -0.2) is 10.2 Å². The fourth-order valence-electron chi connectivity index (χ4n) is 3.64. The molecule has 156 valence electrons. The maximum atomic E-state index is 12.4. The van der Waals surface area contributed by atoms with Gasteiger partial charge in [0.15, 0.2) is 0 Å². The second kappa shape index (κ2) is 9.13. The van der Waals surface area contributed by atoms with Crippen LogP contribution in [0.2, 0.25) is 0 Å². The summed E-state index contributed by atoms with van der Waals surface area (Å²) in [5, 5.41) is 6.97. The van der Waals surface area contributed by atoms with E-state index >= 15 is 0 Å². The first kappa shape index (κ1) is 20.2. The Morgan fingerprint density at radius 2 is 2.07 bits per heavy atom. The molecule has 0 saturated carbocycles. The van der Waals surface area contributed by atoms with Crippen LogP contribution in [0, 0.1) is 5.92 Å². The van der Waals surface area contributed by atoms with Gasteiger partial charge in [0.1, 0.15) is 0 Å². The van der Waals surface area contributed by atoms with Crippen molar-refractivity contribution >= 4 is 23.3 Å². The number of aryl methyl sites for hydroxylation is 1. The van der Waals surface area contributed by atoms with Gasteiger partial charge in [-0.3, -0.25) is 14.9 Å². The molecular formula is C22H25N5O2S. The molecule has 8 heteroatoms. The van der Waals surface area contributed by atoms with E-state index in [0.29, 0.717) is 23.9 Å². The van der Waals surface area contributed by atoms with Crippen LogP contribution in [0.4, 0.5) is 4.79 Å². The van der Waals surface area contributed by atoms with Crippen LogP contribution in [0.15, 0.2) is 48.8 Å². The zero-order valence-electron chi connectivity index (χ0n) is 16.9. The van der Waals surface area contributed by atoms with Crippen LogP contribution >= 0.6 is 11.3 Å². The van der Waals surface area contributed by atoms with E-state index in [1.165, 1.54) is 28.2 Å². The third-order valence-corrected chi connectivity index (χ3v) is 6.43. The van der Waals surface area contributed by atoms with E-state index in [0.717, 1.165) is 24.0 Å². The van der Waals surface area contributed by atoms with Crippen LogP contribution in [0.25, 0.3) is 0 Å². The summed E-state index contributed by atoms with van der Waals surface area (Å²) >= 11 is 1.52. The van der Waals surface area contributed by atoms with Gasteiger partial charge >= 0.3 is 6.03 Å². The minimum Gasteiger partial charge on any atom is -0.333 e. The number of hydrazine groups is 1. The lowest BCUT2D eigenvalue weighted by atomic mass is 9.90. The Hall–Kier alpha value is -3.13. The van der Waals surface area contributed by atoms with E-state index in [1.54, 1.807) is 6.20 Å². The molecule has 3 amide bonds. The molecule has 1 atom stereocenters. The summed E-state index contributed by atoms with van der Waals surface area (Å²) in [6, 6.07) is 11.3. The molecule has 7 nitrogen and oxygen atoms in total. The van der Waals surface area contributed by atoms with Crippen molar-refractivity contribution in [3.05, 3.63) is 75.2 Å². The van der Waals surface area contributed by atoms with Crippen molar-refractivity contribution in [1.29, 1.82) is 0 Å². The lowest BCUT2D eigenvalue weighted by molar-refractivity contribution is 0.0940. The number of benzene rings is 1. The van der Waals surface area contributed by atoms with Gasteiger partial charge in [-0.2, -0.15) is 5.10 Å². The molecule has 3 aromatic rings. The number of nitrogens with zero attached hydrogens (tertiary/aromatic N) is 2. The summed E-state index contributed by atoms with van der Waals surface area (Å²) in [5.74, 6) is 0.378. The van der Waals surface area contributed by atoms with Gasteiger partial charge in [0, 0.05) is 23.8 Å². The SMILES string of the molecule is CC1CCc2sc(C(=O)NNC(=O)NCc3cccc(Cn4cccn4)c3)cc2C1. The van der Waals surface area contributed by atoms with Gasteiger partial charge in [0.05, 0.1) is 11.4 Å². The van der Waals surface area contributed by atoms with Crippen LogP contribution in [0.3, 0.4) is 0 Å². The van der Waals surface area contributed by atoms with Crippen molar-refractivity contribution in [1.82, 2.24) is 25.9 Å². The molecule has 0 spiro atoms. The Balaban J connectivity index is 1.25. The predicted molar refractivity (Wildman–Crippen MR) is 116 cm³/mol. The maximum absolute atomic E-state index is 12.4. The highest BCUT2D eigenvalue weighted by atomic mass is 32.1. The van der Waals surface area contributed by atoms with Crippen LogP contribution in [0.5, 0.6) is 0 Å². The highest BCUT2D eigenvalue weighted by molar-refractivity contribution is 7.14. The average Bonchev–Trinajstić information content (AvgIpc) is 3.40. The first-order chi connectivity index (χ1) is 14.6. The standard InChI is InChI=1S/C22H25N5O2S/c1-15-6-7-19-18(10-15)12-20(30-19)21(28)25-26-22(29)23-13-16-4-2-5-17(11-16)14-27-9-3-8-24-27/h2-5,8-9,11-12,15H,6-7,10,13-14H2,1H3,(H,25,28)(H2,23,26,29). The van der Waals surface area contributed by atoms with E-state index in [-0.39, 0.29) is 5.91 Å². The van der Waals surface area contributed by atoms with Crippen LogP contribution in [-0.4, -0.2) is 21.7 Å². The number of nitrogens with one attached hydrogen (secondary N) is 3. The molecule has 1 aromatic carbocycles. The minimum atomic E-state index is -0.448. The molecule has 0 saturated heterocycles. The summed E-state index contributed by atoms with van der Waals surface area (Å²) in [4.78, 5) is 26.4. The second-order valence-electron chi connectivity index (χ2n) is 7.69. The number of aromatic nitrogens is 2. The molecule has 1 aliphatic carbocycles.